The molecule has 0 heterocycles. The molecule has 0 atom stereocenters. The SMILES string of the molecule is Cc1ccc(C)c(NC(=O)COC(=O)CCCC(=O)Nc2ccc(Oc3cc(C)ccc3C(C)C)cc2)c1. The van der Waals surface area contributed by atoms with Gasteiger partial charge in [-0.2, -0.15) is 0 Å². The summed E-state index contributed by atoms with van der Waals surface area (Å²) in [5.74, 6) is 0.708. The third-order valence-corrected chi connectivity index (χ3v) is 5.97. The zero-order valence-corrected chi connectivity index (χ0v) is 22.7. The van der Waals surface area contributed by atoms with Crippen molar-refractivity contribution < 1.29 is 23.9 Å². The largest absolute Gasteiger partial charge is 0.457 e. The molecule has 0 bridgehead atoms. The van der Waals surface area contributed by atoms with Crippen molar-refractivity contribution in [1.82, 2.24) is 0 Å². The molecule has 38 heavy (non-hydrogen) atoms. The molecule has 0 aliphatic rings. The molecule has 0 aromatic heterocycles. The van der Waals surface area contributed by atoms with Gasteiger partial charge < -0.3 is 20.1 Å². The summed E-state index contributed by atoms with van der Waals surface area (Å²) >= 11 is 0. The van der Waals surface area contributed by atoms with Gasteiger partial charge in [-0.3, -0.25) is 14.4 Å². The number of ether oxygens (including phenoxy) is 2. The van der Waals surface area contributed by atoms with Gasteiger partial charge in [-0.05, 0) is 91.8 Å². The molecule has 0 saturated carbocycles. The first-order chi connectivity index (χ1) is 18.1. The van der Waals surface area contributed by atoms with E-state index in [1.807, 2.05) is 57.2 Å². The summed E-state index contributed by atoms with van der Waals surface area (Å²) < 4.78 is 11.1. The third kappa shape index (κ3) is 8.76. The normalized spacial score (nSPS) is 10.7. The average Bonchev–Trinajstić information content (AvgIpc) is 2.86. The molecular weight excluding hydrogens is 480 g/mol. The Bertz CT molecular complexity index is 1280. The van der Waals surface area contributed by atoms with Crippen molar-refractivity contribution in [2.75, 3.05) is 17.2 Å². The zero-order valence-electron chi connectivity index (χ0n) is 22.7. The van der Waals surface area contributed by atoms with Gasteiger partial charge >= 0.3 is 5.97 Å². The van der Waals surface area contributed by atoms with E-state index in [1.165, 1.54) is 0 Å². The molecule has 2 N–H and O–H groups in total. The standard InChI is InChI=1S/C31H36N2O5/c1-20(2)26-16-10-22(4)18-28(26)38-25-14-12-24(13-15-25)32-29(34)7-6-8-31(36)37-19-30(35)33-27-17-21(3)9-11-23(27)5/h9-18,20H,6-8,19H2,1-5H3,(H,32,34)(H,33,35). The van der Waals surface area contributed by atoms with Crippen molar-refractivity contribution in [3.63, 3.8) is 0 Å². The van der Waals surface area contributed by atoms with Crippen LogP contribution >= 0.6 is 0 Å². The number of amides is 2. The Morgan fingerprint density at radius 1 is 0.789 bits per heavy atom. The Morgan fingerprint density at radius 3 is 2.18 bits per heavy atom. The van der Waals surface area contributed by atoms with E-state index >= 15 is 0 Å². The lowest BCUT2D eigenvalue weighted by Gasteiger charge is -2.15. The molecule has 3 rings (SSSR count). The Balaban J connectivity index is 1.38. The second-order valence-corrected chi connectivity index (χ2v) is 9.75. The number of esters is 1. The second kappa shape index (κ2) is 13.4. The average molecular weight is 517 g/mol. The lowest BCUT2D eigenvalue weighted by atomic mass is 10.0. The van der Waals surface area contributed by atoms with E-state index in [1.54, 1.807) is 12.1 Å². The van der Waals surface area contributed by atoms with E-state index in [0.717, 1.165) is 28.0 Å². The predicted molar refractivity (Wildman–Crippen MR) is 150 cm³/mol. The summed E-state index contributed by atoms with van der Waals surface area (Å²) in [6, 6.07) is 19.1. The topological polar surface area (TPSA) is 93.7 Å². The summed E-state index contributed by atoms with van der Waals surface area (Å²) in [4.78, 5) is 36.4. The van der Waals surface area contributed by atoms with E-state index in [0.29, 0.717) is 29.5 Å². The Labute approximate surface area is 224 Å². The molecule has 200 valence electrons. The van der Waals surface area contributed by atoms with Crippen molar-refractivity contribution in [1.29, 1.82) is 0 Å². The van der Waals surface area contributed by atoms with Gasteiger partial charge in [-0.25, -0.2) is 0 Å². The quantitative estimate of drug-likeness (QED) is 0.273. The minimum absolute atomic E-state index is 0.0472. The highest BCUT2D eigenvalue weighted by Crippen LogP contribution is 2.32. The number of aryl methyl sites for hydroxylation is 3. The maximum atomic E-state index is 12.3. The number of hydrogen-bond donors (Lipinski definition) is 2. The van der Waals surface area contributed by atoms with Gasteiger partial charge in [0, 0.05) is 24.2 Å². The van der Waals surface area contributed by atoms with Crippen LogP contribution in [0.25, 0.3) is 0 Å². The summed E-state index contributed by atoms with van der Waals surface area (Å²) in [7, 11) is 0. The van der Waals surface area contributed by atoms with Gasteiger partial charge in [-0.1, -0.05) is 38.1 Å². The number of rotatable bonds is 11. The number of carbonyl (C=O) groups excluding carboxylic acids is 3. The first kappa shape index (κ1) is 28.4. The minimum Gasteiger partial charge on any atom is -0.457 e. The molecule has 7 nitrogen and oxygen atoms in total. The molecule has 3 aromatic rings. The van der Waals surface area contributed by atoms with Crippen LogP contribution in [0.4, 0.5) is 11.4 Å². The van der Waals surface area contributed by atoms with Crippen molar-refractivity contribution in [3.8, 4) is 11.5 Å². The molecule has 2 amide bonds. The molecule has 0 saturated heterocycles. The smallest absolute Gasteiger partial charge is 0.306 e. The summed E-state index contributed by atoms with van der Waals surface area (Å²) in [6.45, 7) is 9.74. The maximum Gasteiger partial charge on any atom is 0.306 e. The lowest BCUT2D eigenvalue weighted by Crippen LogP contribution is -2.21. The van der Waals surface area contributed by atoms with Crippen LogP contribution in [0.15, 0.2) is 60.7 Å². The maximum absolute atomic E-state index is 12.3. The number of hydrogen-bond acceptors (Lipinski definition) is 5. The van der Waals surface area contributed by atoms with Gasteiger partial charge in [0.2, 0.25) is 5.91 Å². The van der Waals surface area contributed by atoms with E-state index in [-0.39, 0.29) is 25.4 Å². The van der Waals surface area contributed by atoms with Crippen LogP contribution in [0, 0.1) is 20.8 Å². The van der Waals surface area contributed by atoms with Crippen molar-refractivity contribution in [2.45, 2.75) is 59.8 Å². The Hall–Kier alpha value is -4.13. The first-order valence-electron chi connectivity index (χ1n) is 12.8. The predicted octanol–water partition coefficient (Wildman–Crippen LogP) is 6.82. The van der Waals surface area contributed by atoms with Crippen LogP contribution in [-0.4, -0.2) is 24.4 Å². The van der Waals surface area contributed by atoms with Gasteiger partial charge in [0.15, 0.2) is 6.61 Å². The highest BCUT2D eigenvalue weighted by atomic mass is 16.5. The Kier molecular flexibility index (Phi) is 10.0. The molecule has 0 spiro atoms. The van der Waals surface area contributed by atoms with Crippen molar-refractivity contribution in [2.24, 2.45) is 0 Å². The van der Waals surface area contributed by atoms with E-state index < -0.39 is 11.9 Å². The van der Waals surface area contributed by atoms with Crippen LogP contribution in [0.3, 0.4) is 0 Å². The molecule has 0 radical (unpaired) electrons. The lowest BCUT2D eigenvalue weighted by molar-refractivity contribution is -0.147. The minimum atomic E-state index is -0.521. The van der Waals surface area contributed by atoms with Crippen LogP contribution in [0.1, 0.15) is 61.3 Å². The number of benzene rings is 3. The summed E-state index contributed by atoms with van der Waals surface area (Å²) in [5.41, 5.74) is 5.54. The van der Waals surface area contributed by atoms with Crippen LogP contribution < -0.4 is 15.4 Å². The third-order valence-electron chi connectivity index (χ3n) is 5.97. The molecule has 0 unspecified atom stereocenters. The van der Waals surface area contributed by atoms with Gasteiger partial charge in [-0.15, -0.1) is 0 Å². The highest BCUT2D eigenvalue weighted by Gasteiger charge is 2.12. The summed E-state index contributed by atoms with van der Waals surface area (Å²) in [6.07, 6.45) is 0.518. The number of nitrogens with one attached hydrogen (secondary N) is 2. The first-order valence-corrected chi connectivity index (χ1v) is 12.8. The fraction of sp³-hybridized carbons (Fsp3) is 0.323. The molecule has 7 heteroatoms. The van der Waals surface area contributed by atoms with Crippen LogP contribution in [-0.2, 0) is 19.1 Å². The molecule has 0 aliphatic heterocycles. The molecule has 3 aromatic carbocycles. The van der Waals surface area contributed by atoms with Gasteiger partial charge in [0.05, 0.1) is 0 Å². The monoisotopic (exact) mass is 516 g/mol. The van der Waals surface area contributed by atoms with E-state index in [9.17, 15) is 14.4 Å². The highest BCUT2D eigenvalue weighted by molar-refractivity contribution is 5.93. The van der Waals surface area contributed by atoms with Crippen LogP contribution in [0.2, 0.25) is 0 Å². The van der Waals surface area contributed by atoms with Crippen molar-refractivity contribution in [3.05, 3.63) is 82.9 Å². The fourth-order valence-electron chi connectivity index (χ4n) is 3.83. The number of anilines is 2. The molecular formula is C31H36N2O5. The Morgan fingerprint density at radius 2 is 1.47 bits per heavy atom. The fourth-order valence-corrected chi connectivity index (χ4v) is 3.83. The molecule has 0 fully saturated rings. The summed E-state index contributed by atoms with van der Waals surface area (Å²) in [5, 5.41) is 5.57. The van der Waals surface area contributed by atoms with Crippen molar-refractivity contribution >= 4 is 29.2 Å². The zero-order chi connectivity index (χ0) is 27.7. The number of carbonyl (C=O) groups is 3. The van der Waals surface area contributed by atoms with Gasteiger partial charge in [0.25, 0.3) is 5.91 Å². The van der Waals surface area contributed by atoms with Gasteiger partial charge in [0.1, 0.15) is 11.5 Å². The second-order valence-electron chi connectivity index (χ2n) is 9.75. The van der Waals surface area contributed by atoms with E-state index in [4.69, 9.17) is 9.47 Å². The van der Waals surface area contributed by atoms with Crippen LogP contribution in [0.5, 0.6) is 11.5 Å². The molecule has 0 aliphatic carbocycles. The van der Waals surface area contributed by atoms with E-state index in [2.05, 4.69) is 36.6 Å².